The number of aromatic nitrogens is 1. The van der Waals surface area contributed by atoms with Crippen molar-refractivity contribution in [1.29, 1.82) is 0 Å². The molecule has 2 aliphatic heterocycles. The third-order valence-electron chi connectivity index (χ3n) is 10.2. The van der Waals surface area contributed by atoms with E-state index in [1.165, 1.54) is 24.0 Å². The van der Waals surface area contributed by atoms with Crippen molar-refractivity contribution in [3.63, 3.8) is 0 Å². The predicted molar refractivity (Wildman–Crippen MR) is 151 cm³/mol. The number of aromatic hydroxyl groups is 1. The van der Waals surface area contributed by atoms with Gasteiger partial charge in [-0.2, -0.15) is 0 Å². The number of piperidine rings is 1. The van der Waals surface area contributed by atoms with Gasteiger partial charge in [-0.1, -0.05) is 30.3 Å². The van der Waals surface area contributed by atoms with Crippen LogP contribution in [0.4, 0.5) is 0 Å². The van der Waals surface area contributed by atoms with Gasteiger partial charge in [0.1, 0.15) is 11.3 Å². The summed E-state index contributed by atoms with van der Waals surface area (Å²) in [5.74, 6) is 1.25. The van der Waals surface area contributed by atoms with Crippen molar-refractivity contribution in [2.24, 2.45) is 11.8 Å². The van der Waals surface area contributed by atoms with E-state index in [2.05, 4.69) is 35.9 Å². The van der Waals surface area contributed by atoms with Gasteiger partial charge in [-0.25, -0.2) is 0 Å². The molecule has 2 aromatic carbocycles. The van der Waals surface area contributed by atoms with E-state index in [1.807, 2.05) is 30.3 Å². The second-order valence-corrected chi connectivity index (χ2v) is 12.5. The molecule has 3 heterocycles. The number of benzene rings is 2. The standard InChI is InChI=1S/C33H37N3O3/c1-20-7-10-26(37)15-28(20)33-11-12-35(17-22-8-9-22)21(2)29(33)14-25-13-27(31(38)34-30(25)16-33)32(39)36-18-23-5-3-4-6-24(23)19-36/h3-7,10,13,15,21-22,29,37H,8-9,11-12,14,16-19H2,1-2H3,(H,34,38)/t21?,29-,33+/m0/s1. The molecular weight excluding hydrogens is 486 g/mol. The smallest absolute Gasteiger partial charge is 0.261 e. The molecule has 3 atom stereocenters. The molecule has 0 bridgehead atoms. The quantitative estimate of drug-likeness (QED) is 0.520. The van der Waals surface area contributed by atoms with Gasteiger partial charge in [-0.05, 0) is 110 Å². The minimum atomic E-state index is -0.296. The summed E-state index contributed by atoms with van der Waals surface area (Å²) >= 11 is 0. The van der Waals surface area contributed by atoms with Gasteiger partial charge in [0.05, 0.1) is 0 Å². The topological polar surface area (TPSA) is 76.6 Å². The Bertz CT molecular complexity index is 1500. The lowest BCUT2D eigenvalue weighted by atomic mass is 9.55. The summed E-state index contributed by atoms with van der Waals surface area (Å²) < 4.78 is 0. The summed E-state index contributed by atoms with van der Waals surface area (Å²) in [5.41, 5.74) is 6.52. The fourth-order valence-corrected chi connectivity index (χ4v) is 7.81. The SMILES string of the molecule is Cc1ccc(O)cc1[C@]12CCN(CC3CC3)C(C)[C@@H]1Cc1cc(C(=O)N3Cc4ccccc4C3)c(=O)[nH]c1C2. The van der Waals surface area contributed by atoms with Crippen molar-refractivity contribution < 1.29 is 9.90 Å². The van der Waals surface area contributed by atoms with Crippen LogP contribution >= 0.6 is 0 Å². The number of carbonyl (C=O) groups is 1. The predicted octanol–water partition coefficient (Wildman–Crippen LogP) is 4.70. The van der Waals surface area contributed by atoms with Crippen molar-refractivity contribution in [1.82, 2.24) is 14.8 Å². The van der Waals surface area contributed by atoms with Crippen molar-refractivity contribution >= 4 is 5.91 Å². The summed E-state index contributed by atoms with van der Waals surface area (Å²) in [5, 5.41) is 10.5. The molecule has 1 amide bonds. The molecule has 7 rings (SSSR count). The van der Waals surface area contributed by atoms with Gasteiger partial charge in [0, 0.05) is 36.8 Å². The highest BCUT2D eigenvalue weighted by Gasteiger charge is 2.52. The monoisotopic (exact) mass is 523 g/mol. The molecule has 202 valence electrons. The van der Waals surface area contributed by atoms with Crippen LogP contribution in [0.5, 0.6) is 5.75 Å². The number of phenols is 1. The van der Waals surface area contributed by atoms with Gasteiger partial charge in [0.25, 0.3) is 11.5 Å². The van der Waals surface area contributed by atoms with E-state index < -0.39 is 0 Å². The number of nitrogens with one attached hydrogen (secondary N) is 1. The zero-order valence-electron chi connectivity index (χ0n) is 22.9. The molecule has 6 nitrogen and oxygen atoms in total. The number of phenolic OH excluding ortho intramolecular Hbond substituents is 1. The van der Waals surface area contributed by atoms with E-state index in [0.717, 1.165) is 60.7 Å². The van der Waals surface area contributed by atoms with E-state index in [0.29, 0.717) is 30.8 Å². The molecule has 2 aliphatic carbocycles. The summed E-state index contributed by atoms with van der Waals surface area (Å²) in [4.78, 5) is 34.6. The van der Waals surface area contributed by atoms with Crippen LogP contribution in [0.2, 0.25) is 0 Å². The van der Waals surface area contributed by atoms with Crippen LogP contribution < -0.4 is 5.56 Å². The Morgan fingerprint density at radius 1 is 1.08 bits per heavy atom. The van der Waals surface area contributed by atoms with Gasteiger partial charge in [0.2, 0.25) is 0 Å². The number of pyridine rings is 1. The van der Waals surface area contributed by atoms with Gasteiger partial charge in [-0.15, -0.1) is 0 Å². The number of carbonyl (C=O) groups excluding carboxylic acids is 1. The van der Waals surface area contributed by atoms with Gasteiger partial charge < -0.3 is 19.9 Å². The minimum Gasteiger partial charge on any atom is -0.508 e. The van der Waals surface area contributed by atoms with Crippen molar-refractivity contribution in [2.75, 3.05) is 13.1 Å². The average Bonchev–Trinajstić information content (AvgIpc) is 3.64. The maximum atomic E-state index is 13.6. The zero-order valence-corrected chi connectivity index (χ0v) is 22.9. The highest BCUT2D eigenvalue weighted by molar-refractivity contribution is 5.94. The first kappa shape index (κ1) is 24.6. The molecular formula is C33H37N3O3. The highest BCUT2D eigenvalue weighted by atomic mass is 16.3. The molecule has 0 radical (unpaired) electrons. The van der Waals surface area contributed by atoms with E-state index in [4.69, 9.17) is 0 Å². The lowest BCUT2D eigenvalue weighted by Crippen LogP contribution is -2.59. The molecule has 4 aliphatic rings. The number of rotatable bonds is 4. The molecule has 2 fully saturated rings. The van der Waals surface area contributed by atoms with Crippen LogP contribution in [0.25, 0.3) is 0 Å². The van der Waals surface area contributed by atoms with Crippen LogP contribution in [0.3, 0.4) is 0 Å². The molecule has 39 heavy (non-hydrogen) atoms. The maximum Gasteiger partial charge on any atom is 0.261 e. The number of hydrogen-bond donors (Lipinski definition) is 2. The lowest BCUT2D eigenvalue weighted by molar-refractivity contribution is 0.0246. The third-order valence-corrected chi connectivity index (χ3v) is 10.2. The largest absolute Gasteiger partial charge is 0.508 e. The zero-order chi connectivity index (χ0) is 26.9. The van der Waals surface area contributed by atoms with Crippen molar-refractivity contribution in [3.8, 4) is 5.75 Å². The van der Waals surface area contributed by atoms with Gasteiger partial charge in [0.15, 0.2) is 0 Å². The number of aryl methyl sites for hydroxylation is 1. The third kappa shape index (κ3) is 4.11. The minimum absolute atomic E-state index is 0.166. The molecule has 3 aromatic rings. The van der Waals surface area contributed by atoms with Crippen molar-refractivity contribution in [2.45, 2.75) is 70.5 Å². The van der Waals surface area contributed by atoms with Crippen LogP contribution in [0, 0.1) is 18.8 Å². The van der Waals surface area contributed by atoms with Crippen molar-refractivity contribution in [3.05, 3.63) is 98.0 Å². The number of nitrogens with zero attached hydrogens (tertiary/aromatic N) is 2. The number of likely N-dealkylation sites (tertiary alicyclic amines) is 1. The van der Waals surface area contributed by atoms with Gasteiger partial charge in [-0.3, -0.25) is 9.59 Å². The Labute approximate surface area is 229 Å². The average molecular weight is 524 g/mol. The summed E-state index contributed by atoms with van der Waals surface area (Å²) in [7, 11) is 0. The normalized spacial score (nSPS) is 26.2. The van der Waals surface area contributed by atoms with Gasteiger partial charge >= 0.3 is 0 Å². The van der Waals surface area contributed by atoms with Crippen LogP contribution in [0.15, 0.2) is 53.3 Å². The molecule has 2 N–H and O–H groups in total. The number of H-pyrrole nitrogens is 1. The fourth-order valence-electron chi connectivity index (χ4n) is 7.81. The van der Waals surface area contributed by atoms with Crippen LogP contribution in [0.1, 0.15) is 70.1 Å². The Morgan fingerprint density at radius 2 is 1.82 bits per heavy atom. The Morgan fingerprint density at radius 3 is 2.54 bits per heavy atom. The first-order valence-electron chi connectivity index (χ1n) is 14.5. The Hall–Kier alpha value is -3.38. The second kappa shape index (κ2) is 9.09. The Kier molecular flexibility index (Phi) is 5.74. The first-order chi connectivity index (χ1) is 18.8. The highest BCUT2D eigenvalue weighted by Crippen LogP contribution is 2.51. The van der Waals surface area contributed by atoms with Crippen LogP contribution in [-0.4, -0.2) is 44.9 Å². The van der Waals surface area contributed by atoms with E-state index in [-0.39, 0.29) is 22.4 Å². The second-order valence-electron chi connectivity index (χ2n) is 12.5. The molecule has 1 saturated carbocycles. The number of fused-ring (bicyclic) bond motifs is 3. The number of aromatic amines is 1. The Balaban J connectivity index is 1.26. The first-order valence-corrected chi connectivity index (χ1v) is 14.5. The lowest BCUT2D eigenvalue weighted by Gasteiger charge is -2.55. The fraction of sp³-hybridized carbons (Fsp3) is 0.455. The molecule has 0 spiro atoms. The molecule has 1 saturated heterocycles. The maximum absolute atomic E-state index is 13.6. The molecule has 1 unspecified atom stereocenters. The molecule has 6 heteroatoms. The summed E-state index contributed by atoms with van der Waals surface area (Å²) in [6.07, 6.45) is 5.19. The number of hydrogen-bond acceptors (Lipinski definition) is 4. The van der Waals surface area contributed by atoms with E-state index in [1.54, 1.807) is 11.0 Å². The summed E-state index contributed by atoms with van der Waals surface area (Å²) in [6.45, 7) is 7.76. The van der Waals surface area contributed by atoms with E-state index in [9.17, 15) is 14.7 Å². The summed E-state index contributed by atoms with van der Waals surface area (Å²) in [6, 6.07) is 16.1. The molecule has 1 aromatic heterocycles. The number of amides is 1. The van der Waals surface area contributed by atoms with Crippen LogP contribution in [-0.2, 0) is 31.3 Å². The van der Waals surface area contributed by atoms with E-state index >= 15 is 0 Å².